The monoisotopic (exact) mass is 292 g/mol. The van der Waals surface area contributed by atoms with E-state index in [1.807, 2.05) is 12.1 Å². The third kappa shape index (κ3) is 2.71. The quantitative estimate of drug-likeness (QED) is 0.881. The molecule has 0 amide bonds. The fraction of sp³-hybridized carbons (Fsp3) is 0.286. The van der Waals surface area contributed by atoms with E-state index in [1.54, 1.807) is 24.5 Å². The van der Waals surface area contributed by atoms with Crippen LogP contribution >= 0.6 is 0 Å². The Hall–Kier alpha value is -1.79. The minimum absolute atomic E-state index is 0.319. The second-order valence-corrected chi connectivity index (χ2v) is 6.49. The zero-order valence-corrected chi connectivity index (χ0v) is 11.7. The topological polar surface area (TPSA) is 71.3 Å². The van der Waals surface area contributed by atoms with Crippen LogP contribution in [0.15, 0.2) is 45.9 Å². The molecule has 0 unspecified atom stereocenters. The van der Waals surface area contributed by atoms with Gasteiger partial charge in [0.2, 0.25) is 10.0 Å². The fourth-order valence-corrected chi connectivity index (χ4v) is 3.38. The summed E-state index contributed by atoms with van der Waals surface area (Å²) in [6, 6.07) is 8.81. The summed E-state index contributed by atoms with van der Waals surface area (Å²) in [5.41, 5.74) is 2.08. The van der Waals surface area contributed by atoms with Gasteiger partial charge in [-0.05, 0) is 42.3 Å². The minimum atomic E-state index is -3.45. The average molecular weight is 292 g/mol. The summed E-state index contributed by atoms with van der Waals surface area (Å²) in [7, 11) is -3.45. The summed E-state index contributed by atoms with van der Waals surface area (Å²) in [6.45, 7) is 1.19. The van der Waals surface area contributed by atoms with E-state index >= 15 is 0 Å². The van der Waals surface area contributed by atoms with Crippen LogP contribution in [0.25, 0.3) is 0 Å². The van der Waals surface area contributed by atoms with Gasteiger partial charge in [-0.1, -0.05) is 0 Å². The van der Waals surface area contributed by atoms with Crippen LogP contribution in [0.2, 0.25) is 0 Å². The van der Waals surface area contributed by atoms with Crippen LogP contribution in [0.5, 0.6) is 0 Å². The van der Waals surface area contributed by atoms with Gasteiger partial charge in [0.05, 0.1) is 11.2 Å². The highest BCUT2D eigenvalue weighted by Gasteiger charge is 2.17. The lowest BCUT2D eigenvalue weighted by Gasteiger charge is -2.07. The number of furan rings is 1. The van der Waals surface area contributed by atoms with E-state index in [9.17, 15) is 8.42 Å². The van der Waals surface area contributed by atoms with Gasteiger partial charge in [0.25, 0.3) is 0 Å². The molecule has 0 aliphatic carbocycles. The van der Waals surface area contributed by atoms with Crippen LogP contribution in [-0.2, 0) is 22.9 Å². The van der Waals surface area contributed by atoms with E-state index in [-0.39, 0.29) is 0 Å². The van der Waals surface area contributed by atoms with Gasteiger partial charge in [-0.2, -0.15) is 0 Å². The Balaban J connectivity index is 1.68. The molecule has 2 heterocycles. The van der Waals surface area contributed by atoms with Crippen LogP contribution < -0.4 is 10.0 Å². The average Bonchev–Trinajstić information content (AvgIpc) is 3.08. The molecule has 0 atom stereocenters. The van der Waals surface area contributed by atoms with Gasteiger partial charge in [0.1, 0.15) is 5.76 Å². The second kappa shape index (κ2) is 5.30. The van der Waals surface area contributed by atoms with Gasteiger partial charge in [-0.15, -0.1) is 0 Å². The van der Waals surface area contributed by atoms with E-state index in [0.717, 1.165) is 30.0 Å². The van der Waals surface area contributed by atoms with Crippen LogP contribution in [0.4, 0.5) is 5.69 Å². The van der Waals surface area contributed by atoms with Gasteiger partial charge >= 0.3 is 0 Å². The Morgan fingerprint density at radius 3 is 3.00 bits per heavy atom. The number of nitrogens with one attached hydrogen (secondary N) is 2. The van der Waals surface area contributed by atoms with E-state index in [4.69, 9.17) is 4.42 Å². The van der Waals surface area contributed by atoms with Crippen LogP contribution in [0.3, 0.4) is 0 Å². The molecule has 0 fully saturated rings. The second-order valence-electron chi connectivity index (χ2n) is 4.72. The predicted molar refractivity (Wildman–Crippen MR) is 76.2 cm³/mol. The lowest BCUT2D eigenvalue weighted by Crippen LogP contribution is -2.26. The molecule has 1 aromatic carbocycles. The van der Waals surface area contributed by atoms with Crippen molar-refractivity contribution in [2.45, 2.75) is 17.7 Å². The molecule has 1 aliphatic rings. The van der Waals surface area contributed by atoms with E-state index in [0.29, 0.717) is 17.9 Å². The number of hydrogen-bond acceptors (Lipinski definition) is 4. The van der Waals surface area contributed by atoms with Crippen molar-refractivity contribution in [2.75, 3.05) is 18.4 Å². The van der Waals surface area contributed by atoms with Crippen molar-refractivity contribution in [3.05, 3.63) is 47.9 Å². The molecule has 20 heavy (non-hydrogen) atoms. The van der Waals surface area contributed by atoms with Crippen molar-refractivity contribution in [1.29, 1.82) is 0 Å². The van der Waals surface area contributed by atoms with Gasteiger partial charge in [0.15, 0.2) is 0 Å². The molecule has 0 bridgehead atoms. The summed E-state index contributed by atoms with van der Waals surface area (Å²) in [4.78, 5) is 0.319. The van der Waals surface area contributed by atoms with Gasteiger partial charge in [0, 0.05) is 25.2 Å². The van der Waals surface area contributed by atoms with Gasteiger partial charge in [-0.25, -0.2) is 13.1 Å². The summed E-state index contributed by atoms with van der Waals surface area (Å²) >= 11 is 0. The van der Waals surface area contributed by atoms with Crippen molar-refractivity contribution in [1.82, 2.24) is 4.72 Å². The molecule has 1 aliphatic heterocycles. The molecule has 0 saturated heterocycles. The molecular weight excluding hydrogens is 276 g/mol. The van der Waals surface area contributed by atoms with Crippen LogP contribution in [0.1, 0.15) is 11.3 Å². The fourth-order valence-electron chi connectivity index (χ4n) is 2.30. The maximum absolute atomic E-state index is 12.2. The summed E-state index contributed by atoms with van der Waals surface area (Å²) in [5.74, 6) is 0.769. The predicted octanol–water partition coefficient (Wildman–Crippen LogP) is 1.77. The third-order valence-electron chi connectivity index (χ3n) is 3.34. The number of anilines is 1. The highest BCUT2D eigenvalue weighted by molar-refractivity contribution is 7.89. The Morgan fingerprint density at radius 1 is 1.30 bits per heavy atom. The molecule has 3 rings (SSSR count). The maximum Gasteiger partial charge on any atom is 0.240 e. The van der Waals surface area contributed by atoms with E-state index in [1.165, 1.54) is 0 Å². The molecular formula is C14H16N2O3S. The number of benzene rings is 1. The molecule has 0 spiro atoms. The molecule has 0 saturated carbocycles. The van der Waals surface area contributed by atoms with Gasteiger partial charge < -0.3 is 9.73 Å². The standard InChI is InChI=1S/C14H16N2O3S/c17-20(18,16-8-6-12-2-1-9-19-12)13-3-4-14-11(10-13)5-7-15-14/h1-4,9-10,15-16H,5-8H2. The van der Waals surface area contributed by atoms with Gasteiger partial charge in [-0.3, -0.25) is 0 Å². The Bertz CT molecular complexity index is 693. The first kappa shape index (κ1) is 13.2. The Morgan fingerprint density at radius 2 is 2.20 bits per heavy atom. The lowest BCUT2D eigenvalue weighted by molar-refractivity contribution is 0.506. The maximum atomic E-state index is 12.2. The zero-order chi connectivity index (χ0) is 14.0. The number of rotatable bonds is 5. The van der Waals surface area contributed by atoms with Crippen molar-refractivity contribution in [3.63, 3.8) is 0 Å². The highest BCUT2D eigenvalue weighted by Crippen LogP contribution is 2.24. The van der Waals surface area contributed by atoms with Crippen LogP contribution in [0, 0.1) is 0 Å². The smallest absolute Gasteiger partial charge is 0.240 e. The lowest BCUT2D eigenvalue weighted by atomic mass is 10.2. The number of fused-ring (bicyclic) bond motifs is 1. The minimum Gasteiger partial charge on any atom is -0.469 e. The molecule has 2 N–H and O–H groups in total. The Kier molecular flexibility index (Phi) is 3.50. The van der Waals surface area contributed by atoms with Crippen molar-refractivity contribution in [3.8, 4) is 0 Å². The summed E-state index contributed by atoms with van der Waals surface area (Å²) in [6.07, 6.45) is 2.99. The van der Waals surface area contributed by atoms with E-state index < -0.39 is 10.0 Å². The normalized spacial score (nSPS) is 14.0. The molecule has 1 aromatic heterocycles. The summed E-state index contributed by atoms with van der Waals surface area (Å²) < 4.78 is 32.2. The SMILES string of the molecule is O=S(=O)(NCCc1ccco1)c1ccc2c(c1)CCN2. The zero-order valence-electron chi connectivity index (χ0n) is 10.9. The van der Waals surface area contributed by atoms with Crippen molar-refractivity contribution in [2.24, 2.45) is 0 Å². The van der Waals surface area contributed by atoms with Crippen molar-refractivity contribution < 1.29 is 12.8 Å². The first-order valence-electron chi connectivity index (χ1n) is 6.54. The number of sulfonamides is 1. The Labute approximate surface area is 118 Å². The number of hydrogen-bond donors (Lipinski definition) is 2. The first-order chi connectivity index (χ1) is 9.65. The largest absolute Gasteiger partial charge is 0.469 e. The molecule has 5 nitrogen and oxygen atoms in total. The first-order valence-corrected chi connectivity index (χ1v) is 8.02. The molecule has 106 valence electrons. The van der Waals surface area contributed by atoms with Crippen molar-refractivity contribution >= 4 is 15.7 Å². The van der Waals surface area contributed by atoms with E-state index in [2.05, 4.69) is 10.0 Å². The third-order valence-corrected chi connectivity index (χ3v) is 4.80. The molecule has 0 radical (unpaired) electrons. The van der Waals surface area contributed by atoms with Crippen LogP contribution in [-0.4, -0.2) is 21.5 Å². The molecule has 6 heteroatoms. The highest BCUT2D eigenvalue weighted by atomic mass is 32.2. The molecule has 2 aromatic rings. The summed E-state index contributed by atoms with van der Waals surface area (Å²) in [5, 5.41) is 3.21.